The Kier molecular flexibility index (Phi) is 7.39. The largest absolute Gasteiger partial charge is 0.496 e. The number of amides is 1. The van der Waals surface area contributed by atoms with Crippen LogP contribution in [0.2, 0.25) is 0 Å². The molecular weight excluding hydrogens is 611 g/mol. The van der Waals surface area contributed by atoms with E-state index >= 15 is 0 Å². The molecule has 0 atom stereocenters. The summed E-state index contributed by atoms with van der Waals surface area (Å²) in [5.41, 5.74) is 1.70. The molecule has 234 valence electrons. The highest BCUT2D eigenvalue weighted by Crippen LogP contribution is 2.45. The van der Waals surface area contributed by atoms with E-state index in [0.717, 1.165) is 10.6 Å². The molecule has 0 radical (unpaired) electrons. The number of alkyl halides is 2. The van der Waals surface area contributed by atoms with Gasteiger partial charge in [-0.2, -0.15) is 8.78 Å². The number of rotatable bonds is 7. The van der Waals surface area contributed by atoms with Crippen molar-refractivity contribution in [1.82, 2.24) is 10.3 Å². The summed E-state index contributed by atoms with van der Waals surface area (Å²) < 4.78 is 87.1. The van der Waals surface area contributed by atoms with Crippen molar-refractivity contribution in [3.8, 4) is 39.7 Å². The first-order valence-corrected chi connectivity index (χ1v) is 15.8. The van der Waals surface area contributed by atoms with Crippen molar-refractivity contribution in [2.75, 3.05) is 31.8 Å². The van der Waals surface area contributed by atoms with Crippen LogP contribution in [0.3, 0.4) is 0 Å². The van der Waals surface area contributed by atoms with Gasteiger partial charge in [0.1, 0.15) is 28.7 Å². The van der Waals surface area contributed by atoms with E-state index in [2.05, 4.69) is 10.3 Å². The Hall–Kier alpha value is -4.78. The van der Waals surface area contributed by atoms with Crippen LogP contribution >= 0.6 is 0 Å². The summed E-state index contributed by atoms with van der Waals surface area (Å²) >= 11 is 0. The molecule has 0 saturated carbocycles. The molecule has 2 heterocycles. The SMILES string of the molecule is CNC(=O)c1c(-c2ccc(F)cc2)oc2cc(N(C)S(C)(=O)=O)c(-c3ccc(OC)c(-c4nc5c(o4)CCCC5(F)F)c3)cc12. The fourth-order valence-electron chi connectivity index (χ4n) is 5.51. The molecule has 2 aromatic heterocycles. The number of nitrogens with zero attached hydrogens (tertiary/aromatic N) is 2. The van der Waals surface area contributed by atoms with E-state index in [4.69, 9.17) is 13.6 Å². The molecule has 1 aliphatic rings. The number of sulfonamides is 1. The van der Waals surface area contributed by atoms with Crippen molar-refractivity contribution in [3.63, 3.8) is 0 Å². The van der Waals surface area contributed by atoms with Gasteiger partial charge in [-0.3, -0.25) is 9.10 Å². The van der Waals surface area contributed by atoms with Gasteiger partial charge in [0.25, 0.3) is 11.8 Å². The molecule has 9 nitrogen and oxygen atoms in total. The molecule has 0 spiro atoms. The number of anilines is 1. The van der Waals surface area contributed by atoms with Gasteiger partial charge >= 0.3 is 0 Å². The number of carbonyl (C=O) groups is 1. The summed E-state index contributed by atoms with van der Waals surface area (Å²) in [5.74, 6) is -3.58. The van der Waals surface area contributed by atoms with Crippen LogP contribution < -0.4 is 14.4 Å². The minimum absolute atomic E-state index is 0.0627. The van der Waals surface area contributed by atoms with Crippen LogP contribution in [0.5, 0.6) is 5.75 Å². The van der Waals surface area contributed by atoms with Gasteiger partial charge < -0.3 is 18.9 Å². The fourth-order valence-corrected chi connectivity index (χ4v) is 6.02. The normalized spacial score (nSPS) is 14.3. The van der Waals surface area contributed by atoms with Gasteiger partial charge in [-0.25, -0.2) is 17.8 Å². The zero-order chi connectivity index (χ0) is 32.3. The Morgan fingerprint density at radius 3 is 2.40 bits per heavy atom. The number of benzene rings is 3. The van der Waals surface area contributed by atoms with Gasteiger partial charge in [-0.15, -0.1) is 0 Å². The number of aromatic nitrogens is 1. The van der Waals surface area contributed by atoms with Gasteiger partial charge in [-0.1, -0.05) is 6.07 Å². The van der Waals surface area contributed by atoms with Crippen LogP contribution in [0.25, 0.3) is 44.9 Å². The van der Waals surface area contributed by atoms with E-state index in [-0.39, 0.29) is 52.7 Å². The summed E-state index contributed by atoms with van der Waals surface area (Å²) in [6.45, 7) is 0. The number of fused-ring (bicyclic) bond motifs is 2. The number of oxazole rings is 1. The molecule has 13 heteroatoms. The number of furan rings is 1. The maximum atomic E-state index is 14.7. The Morgan fingerprint density at radius 1 is 1.04 bits per heavy atom. The summed E-state index contributed by atoms with van der Waals surface area (Å²) in [4.78, 5) is 17.4. The summed E-state index contributed by atoms with van der Waals surface area (Å²) in [6.07, 6.45) is 1.28. The van der Waals surface area contributed by atoms with Crippen LogP contribution in [0, 0.1) is 5.82 Å². The molecule has 45 heavy (non-hydrogen) atoms. The second-order valence-corrected chi connectivity index (χ2v) is 12.8. The van der Waals surface area contributed by atoms with Crippen LogP contribution in [0.1, 0.15) is 34.7 Å². The first-order chi connectivity index (χ1) is 21.3. The van der Waals surface area contributed by atoms with Crippen LogP contribution in [-0.2, 0) is 22.4 Å². The first-order valence-electron chi connectivity index (χ1n) is 13.9. The summed E-state index contributed by atoms with van der Waals surface area (Å²) in [6, 6.07) is 13.4. The lowest BCUT2D eigenvalue weighted by Gasteiger charge is -2.21. The second kappa shape index (κ2) is 11.0. The van der Waals surface area contributed by atoms with E-state index in [1.165, 1.54) is 51.5 Å². The number of halogens is 3. The highest BCUT2D eigenvalue weighted by Gasteiger charge is 2.41. The molecule has 0 saturated heterocycles. The average Bonchev–Trinajstić information content (AvgIpc) is 3.62. The minimum Gasteiger partial charge on any atom is -0.496 e. The molecule has 0 unspecified atom stereocenters. The maximum absolute atomic E-state index is 14.7. The molecule has 1 amide bonds. The second-order valence-electron chi connectivity index (χ2n) is 10.8. The van der Waals surface area contributed by atoms with Gasteiger partial charge in [0.15, 0.2) is 5.69 Å². The molecular formula is C32H28F3N3O6S. The molecule has 5 aromatic rings. The lowest BCUT2D eigenvalue weighted by molar-refractivity contribution is -0.0274. The third kappa shape index (κ3) is 5.30. The number of ether oxygens (including phenoxy) is 1. The van der Waals surface area contributed by atoms with Crippen LogP contribution in [0.15, 0.2) is 63.4 Å². The minimum atomic E-state index is -3.79. The predicted molar refractivity (Wildman–Crippen MR) is 163 cm³/mol. The van der Waals surface area contributed by atoms with Gasteiger partial charge in [0.05, 0.1) is 30.2 Å². The van der Waals surface area contributed by atoms with Crippen molar-refractivity contribution < 1.29 is 40.0 Å². The zero-order valence-electron chi connectivity index (χ0n) is 24.7. The number of hydrogen-bond donors (Lipinski definition) is 1. The third-order valence-electron chi connectivity index (χ3n) is 7.88. The van der Waals surface area contributed by atoms with E-state index in [9.17, 15) is 26.4 Å². The van der Waals surface area contributed by atoms with Gasteiger partial charge in [0.2, 0.25) is 15.9 Å². The Morgan fingerprint density at radius 2 is 1.76 bits per heavy atom. The number of aryl methyl sites for hydroxylation is 1. The Bertz CT molecular complexity index is 2070. The van der Waals surface area contributed by atoms with Crippen molar-refractivity contribution in [1.29, 1.82) is 0 Å². The number of methoxy groups -OCH3 is 1. The molecule has 6 rings (SSSR count). The van der Waals surface area contributed by atoms with E-state index < -0.39 is 33.4 Å². The number of nitrogens with one attached hydrogen (secondary N) is 1. The highest BCUT2D eigenvalue weighted by molar-refractivity contribution is 7.92. The number of carbonyl (C=O) groups excluding carboxylic acids is 1. The lowest BCUT2D eigenvalue weighted by atomic mass is 9.97. The lowest BCUT2D eigenvalue weighted by Crippen LogP contribution is -2.25. The van der Waals surface area contributed by atoms with Crippen molar-refractivity contribution in [2.45, 2.75) is 25.2 Å². The average molecular weight is 640 g/mol. The van der Waals surface area contributed by atoms with Crippen molar-refractivity contribution in [2.24, 2.45) is 0 Å². The summed E-state index contributed by atoms with van der Waals surface area (Å²) in [7, 11) is 0.454. The van der Waals surface area contributed by atoms with Gasteiger partial charge in [0, 0.05) is 49.5 Å². The monoisotopic (exact) mass is 639 g/mol. The standard InChI is InChI=1S/C32H28F3N3O6S/c1-36-30(39)27-21-15-20(23(38(2)45(4,40)41)16-26(21)43-28(27)17-7-10-19(33)11-8-17)18-9-12-24(42-3)22(14-18)31-37-29-25(44-31)6-5-13-32(29,34)35/h7-12,14-16H,5-6,13H2,1-4H3,(H,36,39). The third-order valence-corrected chi connectivity index (χ3v) is 9.07. The Balaban J connectivity index is 1.61. The van der Waals surface area contributed by atoms with Crippen LogP contribution in [-0.4, -0.2) is 46.8 Å². The molecule has 0 aliphatic heterocycles. The maximum Gasteiger partial charge on any atom is 0.293 e. The molecule has 3 aromatic carbocycles. The van der Waals surface area contributed by atoms with Crippen molar-refractivity contribution in [3.05, 3.63) is 77.4 Å². The first kappa shape index (κ1) is 30.3. The summed E-state index contributed by atoms with van der Waals surface area (Å²) in [5, 5.41) is 2.96. The van der Waals surface area contributed by atoms with Gasteiger partial charge in [-0.05, 0) is 54.4 Å². The molecule has 0 bridgehead atoms. The molecule has 1 N–H and O–H groups in total. The van der Waals surface area contributed by atoms with E-state index in [0.29, 0.717) is 34.2 Å². The quantitative estimate of drug-likeness (QED) is 0.209. The van der Waals surface area contributed by atoms with E-state index in [1.54, 1.807) is 24.3 Å². The molecule has 0 fully saturated rings. The highest BCUT2D eigenvalue weighted by atomic mass is 32.2. The zero-order valence-corrected chi connectivity index (χ0v) is 25.5. The Labute approximate surface area is 256 Å². The predicted octanol–water partition coefficient (Wildman–Crippen LogP) is 6.75. The number of hydrogen-bond acceptors (Lipinski definition) is 7. The topological polar surface area (TPSA) is 115 Å². The molecule has 1 aliphatic carbocycles. The van der Waals surface area contributed by atoms with E-state index in [1.807, 2.05) is 0 Å². The smallest absolute Gasteiger partial charge is 0.293 e. The van der Waals surface area contributed by atoms with Crippen molar-refractivity contribution >= 4 is 32.6 Å². The fraction of sp³-hybridized carbons (Fsp3) is 0.250. The van der Waals surface area contributed by atoms with Crippen LogP contribution in [0.4, 0.5) is 18.9 Å².